The van der Waals surface area contributed by atoms with Crippen molar-refractivity contribution < 1.29 is 14.2 Å². The molecule has 0 amide bonds. The average Bonchev–Trinajstić information content (AvgIpc) is 2.57. The van der Waals surface area contributed by atoms with Crippen LogP contribution < -0.4 is 4.74 Å². The first kappa shape index (κ1) is 17.6. The zero-order chi connectivity index (χ0) is 17.8. The molecule has 1 aromatic carbocycles. The topological polar surface area (TPSA) is 53.5 Å². The Labute approximate surface area is 147 Å². The molecule has 25 heavy (non-hydrogen) atoms. The highest BCUT2D eigenvalue weighted by Gasteiger charge is 2.11. The molecule has 0 saturated heterocycles. The minimum atomic E-state index is 0.487. The molecule has 0 N–H and O–H groups in total. The fourth-order valence-corrected chi connectivity index (χ4v) is 2.97. The van der Waals surface area contributed by atoms with Crippen molar-refractivity contribution in [1.29, 1.82) is 0 Å². The Morgan fingerprint density at radius 1 is 0.800 bits per heavy atom. The summed E-state index contributed by atoms with van der Waals surface area (Å²) in [4.78, 5) is 9.45. The van der Waals surface area contributed by atoms with Crippen LogP contribution in [0.3, 0.4) is 0 Å². The predicted molar refractivity (Wildman–Crippen MR) is 99.4 cm³/mol. The van der Waals surface area contributed by atoms with E-state index in [0.717, 1.165) is 38.9 Å². The normalized spacial score (nSPS) is 11.4. The van der Waals surface area contributed by atoms with E-state index in [1.54, 1.807) is 7.11 Å². The van der Waals surface area contributed by atoms with Crippen molar-refractivity contribution in [3.8, 4) is 5.75 Å². The van der Waals surface area contributed by atoms with Crippen molar-refractivity contribution in [2.75, 3.05) is 33.5 Å². The molecule has 132 valence electrons. The van der Waals surface area contributed by atoms with Crippen molar-refractivity contribution in [2.45, 2.75) is 20.8 Å². The minimum absolute atomic E-state index is 0.487. The van der Waals surface area contributed by atoms with E-state index < -0.39 is 0 Å². The van der Waals surface area contributed by atoms with Crippen molar-refractivity contribution in [2.24, 2.45) is 0 Å². The second kappa shape index (κ2) is 7.76. The van der Waals surface area contributed by atoms with Crippen LogP contribution in [0.5, 0.6) is 5.75 Å². The largest absolute Gasteiger partial charge is 0.490 e. The molecule has 3 rings (SSSR count). The van der Waals surface area contributed by atoms with Gasteiger partial charge in [-0.3, -0.25) is 9.97 Å². The number of ether oxygens (including phenoxy) is 3. The molecule has 0 aliphatic rings. The van der Waals surface area contributed by atoms with Gasteiger partial charge in [0, 0.05) is 35.3 Å². The van der Waals surface area contributed by atoms with Gasteiger partial charge in [-0.1, -0.05) is 6.07 Å². The highest BCUT2D eigenvalue weighted by molar-refractivity contribution is 6.06. The predicted octanol–water partition coefficient (Wildman–Crippen LogP) is 3.75. The number of rotatable bonds is 7. The molecule has 0 aliphatic heterocycles. The molecule has 0 atom stereocenters. The Morgan fingerprint density at radius 2 is 1.44 bits per heavy atom. The van der Waals surface area contributed by atoms with E-state index in [9.17, 15) is 0 Å². The number of aryl methyl sites for hydroxylation is 3. The van der Waals surface area contributed by atoms with Gasteiger partial charge in [0.1, 0.15) is 17.9 Å². The zero-order valence-electron chi connectivity index (χ0n) is 15.3. The summed E-state index contributed by atoms with van der Waals surface area (Å²) in [6.45, 7) is 8.26. The van der Waals surface area contributed by atoms with E-state index in [1.807, 2.05) is 19.9 Å². The number of hydrogen-bond donors (Lipinski definition) is 0. The Hall–Kier alpha value is -2.24. The number of nitrogens with zero attached hydrogens (tertiary/aromatic N) is 2. The quantitative estimate of drug-likeness (QED) is 0.484. The first-order chi connectivity index (χ1) is 12.1. The molecule has 0 spiro atoms. The van der Waals surface area contributed by atoms with Gasteiger partial charge in [-0.2, -0.15) is 0 Å². The van der Waals surface area contributed by atoms with E-state index in [2.05, 4.69) is 25.1 Å². The van der Waals surface area contributed by atoms with Gasteiger partial charge < -0.3 is 14.2 Å². The molecule has 2 aromatic heterocycles. The molecule has 0 bridgehead atoms. The molecule has 0 radical (unpaired) electrons. The highest BCUT2D eigenvalue weighted by Crippen LogP contribution is 2.31. The van der Waals surface area contributed by atoms with Gasteiger partial charge in [0.15, 0.2) is 0 Å². The van der Waals surface area contributed by atoms with Crippen LogP contribution >= 0.6 is 0 Å². The number of methoxy groups -OCH3 is 1. The molecule has 2 heterocycles. The summed E-state index contributed by atoms with van der Waals surface area (Å²) in [7, 11) is 1.66. The van der Waals surface area contributed by atoms with Gasteiger partial charge in [0.05, 0.1) is 25.3 Å². The first-order valence-electron chi connectivity index (χ1n) is 8.48. The maximum absolute atomic E-state index is 5.96. The molecule has 3 aromatic rings. The van der Waals surface area contributed by atoms with Crippen LogP contribution in [0.25, 0.3) is 21.8 Å². The summed E-state index contributed by atoms with van der Waals surface area (Å²) >= 11 is 0. The number of benzene rings is 1. The minimum Gasteiger partial charge on any atom is -0.490 e. The second-order valence-corrected chi connectivity index (χ2v) is 6.15. The summed E-state index contributed by atoms with van der Waals surface area (Å²) in [5.74, 6) is 0.820. The third kappa shape index (κ3) is 3.89. The molecular formula is C20H24N2O3. The fraction of sp³-hybridized carbons (Fsp3) is 0.400. The molecule has 5 nitrogen and oxygen atoms in total. The van der Waals surface area contributed by atoms with Crippen molar-refractivity contribution in [3.63, 3.8) is 0 Å². The third-order valence-corrected chi connectivity index (χ3v) is 4.10. The molecule has 0 aliphatic carbocycles. The van der Waals surface area contributed by atoms with Gasteiger partial charge in [0.2, 0.25) is 0 Å². The molecular weight excluding hydrogens is 316 g/mol. The fourth-order valence-electron chi connectivity index (χ4n) is 2.97. The summed E-state index contributed by atoms with van der Waals surface area (Å²) in [5, 5.41) is 2.11. The SMILES string of the molecule is COCCOCCOc1cc(C)nc2c1ccc1c(C)cc(C)nc12. The average molecular weight is 340 g/mol. The summed E-state index contributed by atoms with van der Waals surface area (Å²) in [6.07, 6.45) is 0. The van der Waals surface area contributed by atoms with E-state index >= 15 is 0 Å². The summed E-state index contributed by atoms with van der Waals surface area (Å²) < 4.78 is 16.4. The van der Waals surface area contributed by atoms with Gasteiger partial charge in [0.25, 0.3) is 0 Å². The Bertz CT molecular complexity index is 893. The van der Waals surface area contributed by atoms with Crippen LogP contribution in [0.15, 0.2) is 24.3 Å². The van der Waals surface area contributed by atoms with Crippen LogP contribution in [0.1, 0.15) is 17.0 Å². The number of fused-ring (bicyclic) bond motifs is 3. The van der Waals surface area contributed by atoms with Crippen LogP contribution in [-0.2, 0) is 9.47 Å². The molecule has 0 fully saturated rings. The zero-order valence-corrected chi connectivity index (χ0v) is 15.3. The smallest absolute Gasteiger partial charge is 0.130 e. The van der Waals surface area contributed by atoms with Crippen molar-refractivity contribution in [1.82, 2.24) is 9.97 Å². The van der Waals surface area contributed by atoms with Gasteiger partial charge in [-0.05, 0) is 38.5 Å². The number of hydrogen-bond acceptors (Lipinski definition) is 5. The van der Waals surface area contributed by atoms with Crippen molar-refractivity contribution >= 4 is 21.8 Å². The highest BCUT2D eigenvalue weighted by atomic mass is 16.5. The van der Waals surface area contributed by atoms with Crippen LogP contribution in [0.4, 0.5) is 0 Å². The lowest BCUT2D eigenvalue weighted by atomic mass is 10.0. The van der Waals surface area contributed by atoms with Gasteiger partial charge in [-0.15, -0.1) is 0 Å². The standard InChI is InChI=1S/C20H24N2O3/c1-13-11-14(2)21-19-16(13)5-6-17-18(12-15(3)22-20(17)19)25-10-9-24-8-7-23-4/h5-6,11-12H,7-10H2,1-4H3. The Morgan fingerprint density at radius 3 is 2.20 bits per heavy atom. The second-order valence-electron chi connectivity index (χ2n) is 6.15. The lowest BCUT2D eigenvalue weighted by Crippen LogP contribution is -2.10. The molecule has 5 heteroatoms. The van der Waals surface area contributed by atoms with Gasteiger partial charge in [-0.25, -0.2) is 0 Å². The Kier molecular flexibility index (Phi) is 5.46. The number of aromatic nitrogens is 2. The van der Waals surface area contributed by atoms with E-state index in [-0.39, 0.29) is 0 Å². The van der Waals surface area contributed by atoms with Crippen molar-refractivity contribution in [3.05, 3.63) is 41.2 Å². The van der Waals surface area contributed by atoms with E-state index in [4.69, 9.17) is 24.2 Å². The van der Waals surface area contributed by atoms with E-state index in [1.165, 1.54) is 5.56 Å². The van der Waals surface area contributed by atoms with Crippen LogP contribution in [-0.4, -0.2) is 43.5 Å². The van der Waals surface area contributed by atoms with Crippen LogP contribution in [0, 0.1) is 20.8 Å². The lowest BCUT2D eigenvalue weighted by Gasteiger charge is -2.13. The van der Waals surface area contributed by atoms with Crippen LogP contribution in [0.2, 0.25) is 0 Å². The molecule has 0 saturated carbocycles. The summed E-state index contributed by atoms with van der Waals surface area (Å²) in [6, 6.07) is 8.22. The molecule has 0 unspecified atom stereocenters. The lowest BCUT2D eigenvalue weighted by molar-refractivity contribution is 0.0546. The van der Waals surface area contributed by atoms with Gasteiger partial charge >= 0.3 is 0 Å². The maximum atomic E-state index is 5.96. The third-order valence-electron chi connectivity index (χ3n) is 4.10. The maximum Gasteiger partial charge on any atom is 0.130 e. The van der Waals surface area contributed by atoms with E-state index in [0.29, 0.717) is 26.4 Å². The monoisotopic (exact) mass is 340 g/mol. The number of pyridine rings is 2. The summed E-state index contributed by atoms with van der Waals surface area (Å²) in [5.41, 5.74) is 4.94. The first-order valence-corrected chi connectivity index (χ1v) is 8.48. The Balaban J connectivity index is 1.93.